The first-order valence-corrected chi connectivity index (χ1v) is 9.07. The van der Waals surface area contributed by atoms with Gasteiger partial charge in [-0.15, -0.1) is 11.8 Å². The van der Waals surface area contributed by atoms with Crippen molar-refractivity contribution in [1.29, 1.82) is 0 Å². The van der Waals surface area contributed by atoms with Crippen LogP contribution in [0.4, 0.5) is 5.69 Å². The van der Waals surface area contributed by atoms with Crippen LogP contribution in [0.1, 0.15) is 38.5 Å². The van der Waals surface area contributed by atoms with E-state index >= 15 is 0 Å². The van der Waals surface area contributed by atoms with Crippen LogP contribution in [0.5, 0.6) is 0 Å². The van der Waals surface area contributed by atoms with Crippen molar-refractivity contribution in [2.75, 3.05) is 11.4 Å². The number of hydrogen-bond acceptors (Lipinski definition) is 4. The number of rotatable bonds is 4. The van der Waals surface area contributed by atoms with Crippen LogP contribution in [0.15, 0.2) is 29.2 Å². The average molecular weight is 334 g/mol. The van der Waals surface area contributed by atoms with Crippen molar-refractivity contribution in [1.82, 2.24) is 5.48 Å². The number of hydroxylamine groups is 1. The second kappa shape index (κ2) is 7.36. The molecule has 2 N–H and O–H groups in total. The number of nitrogens with zero attached hydrogens (tertiary/aromatic N) is 1. The summed E-state index contributed by atoms with van der Waals surface area (Å²) in [5, 5.41) is 8.27. The van der Waals surface area contributed by atoms with Gasteiger partial charge in [0.05, 0.1) is 10.9 Å². The van der Waals surface area contributed by atoms with Gasteiger partial charge in [0.1, 0.15) is 0 Å². The molecule has 2 aliphatic rings. The van der Waals surface area contributed by atoms with E-state index in [0.29, 0.717) is 5.92 Å². The minimum Gasteiger partial charge on any atom is -0.310 e. The first-order valence-electron chi connectivity index (χ1n) is 8.19. The van der Waals surface area contributed by atoms with Gasteiger partial charge < -0.3 is 4.90 Å². The standard InChI is InChI=1S/C17H22N2O3S/c20-16(18-22)10-15-17(21)19(11-12-6-2-1-3-7-12)13-8-4-5-9-14(13)23-15/h4-5,8-9,12,15,22H,1-3,6-7,10-11H2,(H,18,20). The van der Waals surface area contributed by atoms with E-state index < -0.39 is 11.2 Å². The zero-order valence-electron chi connectivity index (χ0n) is 13.0. The molecule has 1 fully saturated rings. The van der Waals surface area contributed by atoms with Gasteiger partial charge in [0.2, 0.25) is 11.8 Å². The van der Waals surface area contributed by atoms with E-state index in [1.54, 1.807) is 5.48 Å². The maximum Gasteiger partial charge on any atom is 0.244 e. The molecule has 1 saturated carbocycles. The molecule has 1 heterocycles. The summed E-state index contributed by atoms with van der Waals surface area (Å²) >= 11 is 1.41. The van der Waals surface area contributed by atoms with Crippen molar-refractivity contribution < 1.29 is 14.8 Å². The predicted molar refractivity (Wildman–Crippen MR) is 89.6 cm³/mol. The summed E-state index contributed by atoms with van der Waals surface area (Å²) < 4.78 is 0. The van der Waals surface area contributed by atoms with Crippen molar-refractivity contribution in [3.63, 3.8) is 0 Å². The molecule has 0 radical (unpaired) electrons. The van der Waals surface area contributed by atoms with Crippen LogP contribution in [0.2, 0.25) is 0 Å². The molecule has 5 nitrogen and oxygen atoms in total. The molecule has 1 unspecified atom stereocenters. The summed E-state index contributed by atoms with van der Waals surface area (Å²) in [7, 11) is 0. The highest BCUT2D eigenvalue weighted by atomic mass is 32.2. The van der Waals surface area contributed by atoms with Crippen LogP contribution in [0.3, 0.4) is 0 Å². The average Bonchev–Trinajstić information content (AvgIpc) is 2.59. The Morgan fingerprint density at radius 3 is 2.74 bits per heavy atom. The molecule has 0 bridgehead atoms. The van der Waals surface area contributed by atoms with E-state index in [1.165, 1.54) is 43.9 Å². The van der Waals surface area contributed by atoms with Crippen LogP contribution in [-0.4, -0.2) is 28.8 Å². The molecular weight excluding hydrogens is 312 g/mol. The third-order valence-corrected chi connectivity index (χ3v) is 5.88. The number of amides is 2. The Kier molecular flexibility index (Phi) is 5.23. The highest BCUT2D eigenvalue weighted by molar-refractivity contribution is 8.01. The largest absolute Gasteiger partial charge is 0.310 e. The molecule has 1 aliphatic carbocycles. The Morgan fingerprint density at radius 1 is 1.26 bits per heavy atom. The fourth-order valence-corrected chi connectivity index (χ4v) is 4.66. The molecule has 1 atom stereocenters. The summed E-state index contributed by atoms with van der Waals surface area (Å²) in [4.78, 5) is 27.2. The highest BCUT2D eigenvalue weighted by Crippen LogP contribution is 2.41. The van der Waals surface area contributed by atoms with E-state index in [-0.39, 0.29) is 12.3 Å². The summed E-state index contributed by atoms with van der Waals surface area (Å²) in [5.41, 5.74) is 2.58. The lowest BCUT2D eigenvalue weighted by atomic mass is 9.88. The molecular formula is C17H22N2O3S. The van der Waals surface area contributed by atoms with Crippen LogP contribution in [-0.2, 0) is 9.59 Å². The van der Waals surface area contributed by atoms with Gasteiger partial charge in [-0.05, 0) is 30.9 Å². The minimum atomic E-state index is -0.521. The van der Waals surface area contributed by atoms with E-state index in [4.69, 9.17) is 5.21 Å². The van der Waals surface area contributed by atoms with Crippen molar-refractivity contribution >= 4 is 29.3 Å². The van der Waals surface area contributed by atoms with Gasteiger partial charge in [-0.1, -0.05) is 31.4 Å². The summed E-state index contributed by atoms with van der Waals surface area (Å²) in [6.07, 6.45) is 6.09. The summed E-state index contributed by atoms with van der Waals surface area (Å²) in [6, 6.07) is 7.86. The van der Waals surface area contributed by atoms with Crippen LogP contribution < -0.4 is 10.4 Å². The van der Waals surface area contributed by atoms with Crippen LogP contribution in [0, 0.1) is 5.92 Å². The maximum absolute atomic E-state index is 12.9. The first kappa shape index (κ1) is 16.3. The lowest BCUT2D eigenvalue weighted by Gasteiger charge is -2.36. The Balaban J connectivity index is 1.82. The van der Waals surface area contributed by atoms with Crippen molar-refractivity contribution in [3.05, 3.63) is 24.3 Å². The normalized spacial score (nSPS) is 21.9. The second-order valence-corrected chi connectivity index (χ2v) is 7.51. The number of nitrogens with one attached hydrogen (secondary N) is 1. The summed E-state index contributed by atoms with van der Waals surface area (Å²) in [5.74, 6) is -0.00750. The van der Waals surface area contributed by atoms with Gasteiger partial charge in [0, 0.05) is 17.9 Å². The molecule has 2 amide bonds. The lowest BCUT2D eigenvalue weighted by Crippen LogP contribution is -2.45. The Morgan fingerprint density at radius 2 is 2.00 bits per heavy atom. The number of benzene rings is 1. The summed E-state index contributed by atoms with van der Waals surface area (Å²) in [6.45, 7) is 0.730. The number of thioether (sulfide) groups is 1. The molecule has 0 spiro atoms. The number of carbonyl (C=O) groups is 2. The predicted octanol–water partition coefficient (Wildman–Crippen LogP) is 2.97. The Hall–Kier alpha value is -1.53. The molecule has 6 heteroatoms. The van der Waals surface area contributed by atoms with Gasteiger partial charge in [-0.25, -0.2) is 5.48 Å². The highest BCUT2D eigenvalue weighted by Gasteiger charge is 2.35. The molecule has 3 rings (SSSR count). The quantitative estimate of drug-likeness (QED) is 0.656. The van der Waals surface area contributed by atoms with E-state index in [2.05, 4.69) is 0 Å². The van der Waals surface area contributed by atoms with Crippen molar-refractivity contribution in [2.24, 2.45) is 5.92 Å². The zero-order chi connectivity index (χ0) is 16.2. The lowest BCUT2D eigenvalue weighted by molar-refractivity contribution is -0.131. The fourth-order valence-electron chi connectivity index (χ4n) is 3.44. The number of fused-ring (bicyclic) bond motifs is 1. The number of carbonyl (C=O) groups excluding carboxylic acids is 2. The molecule has 0 aromatic heterocycles. The SMILES string of the molecule is O=C(CC1Sc2ccccc2N(CC2CCCCC2)C1=O)NO. The Bertz CT molecular complexity index is 587. The Labute approximate surface area is 140 Å². The third-order valence-electron chi connectivity index (χ3n) is 4.63. The molecule has 124 valence electrons. The monoisotopic (exact) mass is 334 g/mol. The zero-order valence-corrected chi connectivity index (χ0v) is 13.8. The minimum absolute atomic E-state index is 0.00446. The van der Waals surface area contributed by atoms with Crippen molar-refractivity contribution in [2.45, 2.75) is 48.7 Å². The van der Waals surface area contributed by atoms with E-state index in [9.17, 15) is 9.59 Å². The van der Waals surface area contributed by atoms with Gasteiger partial charge in [0.25, 0.3) is 0 Å². The van der Waals surface area contributed by atoms with Gasteiger partial charge in [-0.3, -0.25) is 14.8 Å². The second-order valence-electron chi connectivity index (χ2n) is 6.27. The van der Waals surface area contributed by atoms with Gasteiger partial charge >= 0.3 is 0 Å². The van der Waals surface area contributed by atoms with Crippen molar-refractivity contribution in [3.8, 4) is 0 Å². The topological polar surface area (TPSA) is 69.6 Å². The van der Waals surface area contributed by atoms with E-state index in [0.717, 1.165) is 17.1 Å². The first-order chi connectivity index (χ1) is 11.2. The number of hydrogen-bond donors (Lipinski definition) is 2. The van der Waals surface area contributed by atoms with Gasteiger partial charge in [-0.2, -0.15) is 0 Å². The molecule has 23 heavy (non-hydrogen) atoms. The number of para-hydroxylation sites is 1. The van der Waals surface area contributed by atoms with Gasteiger partial charge in [0.15, 0.2) is 0 Å². The molecule has 1 aromatic rings. The fraction of sp³-hybridized carbons (Fsp3) is 0.529. The maximum atomic E-state index is 12.9. The third kappa shape index (κ3) is 3.70. The molecule has 0 saturated heterocycles. The van der Waals surface area contributed by atoms with Crippen LogP contribution in [0.25, 0.3) is 0 Å². The van der Waals surface area contributed by atoms with E-state index in [1.807, 2.05) is 29.2 Å². The molecule has 1 aliphatic heterocycles. The van der Waals surface area contributed by atoms with Crippen LogP contribution >= 0.6 is 11.8 Å². The smallest absolute Gasteiger partial charge is 0.244 e. The number of anilines is 1. The molecule has 1 aromatic carbocycles.